The van der Waals surface area contributed by atoms with Gasteiger partial charge in [-0.15, -0.1) is 0 Å². The molecule has 0 radical (unpaired) electrons. The van der Waals surface area contributed by atoms with Crippen molar-refractivity contribution in [2.24, 2.45) is 0 Å². The minimum absolute atomic E-state index is 0.0685. The van der Waals surface area contributed by atoms with E-state index in [9.17, 15) is 22.0 Å². The number of nitrogens with zero attached hydrogens (tertiary/aromatic N) is 3. The van der Waals surface area contributed by atoms with Gasteiger partial charge in [-0.05, 0) is 30.3 Å². The van der Waals surface area contributed by atoms with Gasteiger partial charge in [-0.1, -0.05) is 6.07 Å². The summed E-state index contributed by atoms with van der Waals surface area (Å²) < 4.78 is 63.7. The van der Waals surface area contributed by atoms with E-state index in [1.807, 2.05) is 0 Å². The van der Waals surface area contributed by atoms with E-state index in [-0.39, 0.29) is 22.8 Å². The van der Waals surface area contributed by atoms with Gasteiger partial charge >= 0.3 is 6.18 Å². The van der Waals surface area contributed by atoms with E-state index in [0.29, 0.717) is 0 Å². The number of rotatable bonds is 2. The molecule has 0 spiro atoms. The Morgan fingerprint density at radius 1 is 0.870 bits per heavy atom. The molecular weight excluding hydrogens is 319 g/mol. The number of hydrogen-bond donors (Lipinski definition) is 1. The van der Waals surface area contributed by atoms with Crippen LogP contribution in [-0.2, 0) is 6.18 Å². The maximum absolute atomic E-state index is 13.3. The standard InChI is InChI=1S/C14H7F5N4/c15-8-5-4-7(6-9(8)16)10-2-1-3-11(20-10)12-21-13(23-22-12)14(17,18)19/h1-6H,(H,21,22,23). The predicted octanol–water partition coefficient (Wildman–Crippen LogP) is 3.83. The topological polar surface area (TPSA) is 54.5 Å². The molecule has 118 valence electrons. The third kappa shape index (κ3) is 3.03. The fourth-order valence-electron chi connectivity index (χ4n) is 1.88. The van der Waals surface area contributed by atoms with Crippen LogP contribution in [0.3, 0.4) is 0 Å². The molecule has 9 heteroatoms. The van der Waals surface area contributed by atoms with Gasteiger partial charge in [0.1, 0.15) is 5.69 Å². The second-order valence-corrected chi connectivity index (χ2v) is 4.54. The molecular formula is C14H7F5N4. The third-order valence-corrected chi connectivity index (χ3v) is 2.95. The average Bonchev–Trinajstić information content (AvgIpc) is 3.00. The van der Waals surface area contributed by atoms with Gasteiger partial charge in [0.2, 0.25) is 5.82 Å². The highest BCUT2D eigenvalue weighted by molar-refractivity contribution is 5.63. The molecule has 1 aromatic carbocycles. The lowest BCUT2D eigenvalue weighted by atomic mass is 10.1. The van der Waals surface area contributed by atoms with Crippen molar-refractivity contribution < 1.29 is 22.0 Å². The van der Waals surface area contributed by atoms with Crippen molar-refractivity contribution in [2.45, 2.75) is 6.18 Å². The Morgan fingerprint density at radius 2 is 1.61 bits per heavy atom. The number of hydrogen-bond acceptors (Lipinski definition) is 3. The minimum atomic E-state index is -4.65. The van der Waals surface area contributed by atoms with E-state index in [0.717, 1.165) is 12.1 Å². The van der Waals surface area contributed by atoms with Gasteiger partial charge in [0.15, 0.2) is 17.5 Å². The first-order valence-electron chi connectivity index (χ1n) is 6.27. The largest absolute Gasteiger partial charge is 0.451 e. The van der Waals surface area contributed by atoms with Crippen molar-refractivity contribution in [1.29, 1.82) is 0 Å². The first kappa shape index (κ1) is 15.1. The number of nitrogens with one attached hydrogen (secondary N) is 1. The molecule has 0 saturated carbocycles. The molecule has 0 amide bonds. The molecule has 0 saturated heterocycles. The molecule has 0 aliphatic rings. The molecule has 0 unspecified atom stereocenters. The summed E-state index contributed by atoms with van der Waals surface area (Å²) in [7, 11) is 0. The van der Waals surface area contributed by atoms with Crippen molar-refractivity contribution >= 4 is 0 Å². The van der Waals surface area contributed by atoms with Gasteiger partial charge in [-0.25, -0.2) is 18.7 Å². The second-order valence-electron chi connectivity index (χ2n) is 4.54. The summed E-state index contributed by atoms with van der Waals surface area (Å²) in [6.45, 7) is 0. The quantitative estimate of drug-likeness (QED) is 0.728. The number of pyridine rings is 1. The summed E-state index contributed by atoms with van der Waals surface area (Å²) in [6, 6.07) is 7.61. The number of halogens is 5. The highest BCUT2D eigenvalue weighted by Crippen LogP contribution is 2.28. The van der Waals surface area contributed by atoms with E-state index >= 15 is 0 Å². The monoisotopic (exact) mass is 326 g/mol. The number of benzene rings is 1. The maximum Gasteiger partial charge on any atom is 0.451 e. The zero-order valence-electron chi connectivity index (χ0n) is 11.2. The van der Waals surface area contributed by atoms with Crippen LogP contribution in [0.15, 0.2) is 36.4 Å². The minimum Gasteiger partial charge on any atom is -0.255 e. The van der Waals surface area contributed by atoms with Crippen LogP contribution in [0.4, 0.5) is 22.0 Å². The van der Waals surface area contributed by atoms with Crippen molar-refractivity contribution in [3.05, 3.63) is 53.9 Å². The number of aromatic amines is 1. The molecule has 0 bridgehead atoms. The molecule has 0 fully saturated rings. The number of aromatic nitrogens is 4. The Labute approximate surface area is 126 Å². The Bertz CT molecular complexity index is 856. The van der Waals surface area contributed by atoms with E-state index in [4.69, 9.17) is 0 Å². The van der Waals surface area contributed by atoms with Crippen LogP contribution in [-0.4, -0.2) is 20.2 Å². The third-order valence-electron chi connectivity index (χ3n) is 2.95. The number of alkyl halides is 3. The van der Waals surface area contributed by atoms with Crippen LogP contribution >= 0.6 is 0 Å². The Morgan fingerprint density at radius 3 is 2.26 bits per heavy atom. The molecule has 2 aromatic heterocycles. The summed E-state index contributed by atoms with van der Waals surface area (Å²) in [6.07, 6.45) is -4.65. The summed E-state index contributed by atoms with van der Waals surface area (Å²) in [5.41, 5.74) is 0.594. The molecule has 3 aromatic rings. The molecule has 2 heterocycles. The van der Waals surface area contributed by atoms with Crippen molar-refractivity contribution in [3.63, 3.8) is 0 Å². The highest BCUT2D eigenvalue weighted by atomic mass is 19.4. The lowest BCUT2D eigenvalue weighted by Gasteiger charge is -2.03. The zero-order chi connectivity index (χ0) is 16.6. The Balaban J connectivity index is 1.99. The normalized spacial score (nSPS) is 11.7. The van der Waals surface area contributed by atoms with Crippen LogP contribution < -0.4 is 0 Å². The molecule has 23 heavy (non-hydrogen) atoms. The smallest absolute Gasteiger partial charge is 0.255 e. The molecule has 0 aliphatic heterocycles. The lowest BCUT2D eigenvalue weighted by molar-refractivity contribution is -0.144. The van der Waals surface area contributed by atoms with E-state index in [1.54, 1.807) is 5.10 Å². The van der Waals surface area contributed by atoms with Crippen LogP contribution in [0.25, 0.3) is 22.8 Å². The van der Waals surface area contributed by atoms with Gasteiger partial charge in [-0.3, -0.25) is 5.10 Å². The Hall–Kier alpha value is -2.84. The summed E-state index contributed by atoms with van der Waals surface area (Å²) >= 11 is 0. The molecule has 0 aliphatic carbocycles. The average molecular weight is 326 g/mol. The maximum atomic E-state index is 13.3. The second kappa shape index (κ2) is 5.41. The molecule has 4 nitrogen and oxygen atoms in total. The Kier molecular flexibility index (Phi) is 3.55. The molecule has 0 atom stereocenters. The van der Waals surface area contributed by atoms with Crippen LogP contribution in [0.2, 0.25) is 0 Å². The first-order chi connectivity index (χ1) is 10.8. The van der Waals surface area contributed by atoms with Gasteiger partial charge in [0.05, 0.1) is 5.69 Å². The van der Waals surface area contributed by atoms with Crippen LogP contribution in [0.5, 0.6) is 0 Å². The fraction of sp³-hybridized carbons (Fsp3) is 0.0714. The summed E-state index contributed by atoms with van der Waals surface area (Å²) in [5, 5.41) is 5.25. The SMILES string of the molecule is Fc1ccc(-c2cccc(-c3n[nH]c(C(F)(F)F)n3)n2)cc1F. The van der Waals surface area contributed by atoms with Crippen molar-refractivity contribution in [2.75, 3.05) is 0 Å². The number of H-pyrrole nitrogens is 1. The van der Waals surface area contributed by atoms with Gasteiger partial charge in [0, 0.05) is 5.56 Å². The molecule has 1 N–H and O–H groups in total. The van der Waals surface area contributed by atoms with Gasteiger partial charge < -0.3 is 0 Å². The fourth-order valence-corrected chi connectivity index (χ4v) is 1.88. The summed E-state index contributed by atoms with van der Waals surface area (Å²) in [5.74, 6) is -3.55. The van der Waals surface area contributed by atoms with Crippen LogP contribution in [0, 0.1) is 11.6 Å². The van der Waals surface area contributed by atoms with Crippen molar-refractivity contribution in [3.8, 4) is 22.8 Å². The van der Waals surface area contributed by atoms with Gasteiger partial charge in [0.25, 0.3) is 0 Å². The van der Waals surface area contributed by atoms with E-state index in [2.05, 4.69) is 15.1 Å². The van der Waals surface area contributed by atoms with E-state index in [1.165, 1.54) is 24.3 Å². The zero-order valence-corrected chi connectivity index (χ0v) is 11.2. The van der Waals surface area contributed by atoms with Crippen LogP contribution in [0.1, 0.15) is 5.82 Å². The van der Waals surface area contributed by atoms with Crippen molar-refractivity contribution in [1.82, 2.24) is 20.2 Å². The predicted molar refractivity (Wildman–Crippen MR) is 70.0 cm³/mol. The first-order valence-corrected chi connectivity index (χ1v) is 6.27. The lowest BCUT2D eigenvalue weighted by Crippen LogP contribution is -2.07. The van der Waals surface area contributed by atoms with E-state index < -0.39 is 23.6 Å². The highest BCUT2D eigenvalue weighted by Gasteiger charge is 2.35. The summed E-state index contributed by atoms with van der Waals surface area (Å²) in [4.78, 5) is 7.41. The molecule has 3 rings (SSSR count). The van der Waals surface area contributed by atoms with Gasteiger partial charge in [-0.2, -0.15) is 18.3 Å².